The van der Waals surface area contributed by atoms with Gasteiger partial charge in [0.05, 0.1) is 0 Å². The maximum Gasteiger partial charge on any atom is -0.0111 e. The lowest BCUT2D eigenvalue weighted by molar-refractivity contribution is 1.59. The van der Waals surface area contributed by atoms with Crippen LogP contribution >= 0.6 is 0 Å². The van der Waals surface area contributed by atoms with Crippen LogP contribution in [0.2, 0.25) is 0 Å². The van der Waals surface area contributed by atoms with Gasteiger partial charge >= 0.3 is 0 Å². The minimum absolute atomic E-state index is 1.07. The summed E-state index contributed by atoms with van der Waals surface area (Å²) in [7, 11) is 0. The van der Waals surface area contributed by atoms with Gasteiger partial charge in [-0.25, -0.2) is 0 Å². The Bertz CT molecular complexity index is 427. The summed E-state index contributed by atoms with van der Waals surface area (Å²) in [5.74, 6) is 0. The van der Waals surface area contributed by atoms with Gasteiger partial charge in [0, 0.05) is 0 Å². The fourth-order valence-electron chi connectivity index (χ4n) is 1.52. The van der Waals surface area contributed by atoms with Crippen LogP contribution in [0.5, 0.6) is 0 Å². The smallest absolute Gasteiger partial charge is 0.0111 e. The molecule has 0 heterocycles. The Morgan fingerprint density at radius 3 is 2.14 bits per heavy atom. The first-order valence-electron chi connectivity index (χ1n) is 4.61. The molecule has 0 spiro atoms. The van der Waals surface area contributed by atoms with Crippen LogP contribution in [0.1, 0.15) is 5.56 Å². The molecule has 0 bridgehead atoms. The number of hydrogen-bond acceptors (Lipinski definition) is 0. The van der Waals surface area contributed by atoms with Crippen molar-refractivity contribution in [3.05, 3.63) is 66.7 Å². The van der Waals surface area contributed by atoms with Crippen molar-refractivity contribution in [3.8, 4) is 11.1 Å². The highest BCUT2D eigenvalue weighted by Gasteiger charge is 1.99. The van der Waals surface area contributed by atoms with E-state index in [1.807, 2.05) is 36.4 Å². The summed E-state index contributed by atoms with van der Waals surface area (Å²) in [6.07, 6.45) is 1.64. The number of hydrogen-bond donors (Lipinski definition) is 0. The second-order valence-corrected chi connectivity index (χ2v) is 3.12. The summed E-state index contributed by atoms with van der Waals surface area (Å²) in [5.41, 5.74) is 3.44. The fraction of sp³-hybridized carbons (Fsp3) is 0. The van der Waals surface area contributed by atoms with E-state index in [4.69, 9.17) is 6.58 Å². The standard InChI is InChI=1S/C14H11/c1-2-12-8-6-7-11-14(12)13-9-4-3-5-10-13/h1-11H. The van der Waals surface area contributed by atoms with E-state index in [1.165, 1.54) is 11.1 Å². The lowest BCUT2D eigenvalue weighted by atomic mass is 10.00. The number of rotatable bonds is 2. The van der Waals surface area contributed by atoms with E-state index in [2.05, 4.69) is 18.2 Å². The first kappa shape index (κ1) is 8.76. The topological polar surface area (TPSA) is 0 Å². The molecule has 0 N–H and O–H groups in total. The molecule has 14 heavy (non-hydrogen) atoms. The fourth-order valence-corrected chi connectivity index (χ4v) is 1.52. The Morgan fingerprint density at radius 2 is 1.43 bits per heavy atom. The molecular formula is C14H11. The van der Waals surface area contributed by atoms with Gasteiger partial charge in [0.25, 0.3) is 0 Å². The highest BCUT2D eigenvalue weighted by Crippen LogP contribution is 2.23. The Morgan fingerprint density at radius 1 is 0.786 bits per heavy atom. The molecule has 2 aromatic rings. The molecule has 0 fully saturated rings. The highest BCUT2D eigenvalue weighted by molar-refractivity contribution is 5.74. The zero-order chi connectivity index (χ0) is 9.80. The van der Waals surface area contributed by atoms with Crippen LogP contribution in [0, 0.1) is 6.58 Å². The molecule has 0 nitrogen and oxygen atoms in total. The molecule has 0 amide bonds. The van der Waals surface area contributed by atoms with E-state index in [0.717, 1.165) is 5.56 Å². The highest BCUT2D eigenvalue weighted by atomic mass is 14.0. The van der Waals surface area contributed by atoms with Gasteiger partial charge < -0.3 is 0 Å². The lowest BCUT2D eigenvalue weighted by Gasteiger charge is -2.04. The zero-order valence-electron chi connectivity index (χ0n) is 7.85. The first-order valence-corrected chi connectivity index (χ1v) is 4.61. The third-order valence-electron chi connectivity index (χ3n) is 2.23. The van der Waals surface area contributed by atoms with Gasteiger partial charge in [0.1, 0.15) is 0 Å². The molecule has 0 aliphatic carbocycles. The van der Waals surface area contributed by atoms with Crippen LogP contribution in [-0.2, 0) is 0 Å². The first-order chi connectivity index (χ1) is 6.92. The van der Waals surface area contributed by atoms with Crippen molar-refractivity contribution >= 4 is 6.08 Å². The van der Waals surface area contributed by atoms with Crippen molar-refractivity contribution in [1.29, 1.82) is 0 Å². The minimum atomic E-state index is 1.07. The van der Waals surface area contributed by atoms with Crippen molar-refractivity contribution in [2.75, 3.05) is 0 Å². The van der Waals surface area contributed by atoms with Crippen LogP contribution in [0.15, 0.2) is 54.6 Å². The monoisotopic (exact) mass is 179 g/mol. The van der Waals surface area contributed by atoms with E-state index in [0.29, 0.717) is 0 Å². The van der Waals surface area contributed by atoms with Gasteiger partial charge in [0.15, 0.2) is 0 Å². The second-order valence-electron chi connectivity index (χ2n) is 3.12. The SMILES string of the molecule is [CH]=Cc1ccccc1-c1ccccc1. The zero-order valence-corrected chi connectivity index (χ0v) is 7.85. The molecule has 0 saturated carbocycles. The van der Waals surface area contributed by atoms with E-state index >= 15 is 0 Å². The van der Waals surface area contributed by atoms with E-state index in [-0.39, 0.29) is 0 Å². The summed E-state index contributed by atoms with van der Waals surface area (Å²) >= 11 is 0. The summed E-state index contributed by atoms with van der Waals surface area (Å²) in [6.45, 7) is 5.56. The van der Waals surface area contributed by atoms with E-state index < -0.39 is 0 Å². The molecular weight excluding hydrogens is 168 g/mol. The quantitative estimate of drug-likeness (QED) is 0.657. The van der Waals surface area contributed by atoms with Gasteiger partial charge in [-0.05, 0) is 16.7 Å². The van der Waals surface area contributed by atoms with Crippen molar-refractivity contribution in [2.45, 2.75) is 0 Å². The molecule has 0 aromatic heterocycles. The summed E-state index contributed by atoms with van der Waals surface area (Å²) in [5, 5.41) is 0. The van der Waals surface area contributed by atoms with Crippen LogP contribution in [0.25, 0.3) is 17.2 Å². The molecule has 0 aliphatic rings. The van der Waals surface area contributed by atoms with E-state index in [9.17, 15) is 0 Å². The Kier molecular flexibility index (Phi) is 2.46. The Hall–Kier alpha value is -1.82. The van der Waals surface area contributed by atoms with Gasteiger partial charge in [-0.3, -0.25) is 0 Å². The van der Waals surface area contributed by atoms with Gasteiger partial charge in [-0.1, -0.05) is 67.3 Å². The van der Waals surface area contributed by atoms with Crippen molar-refractivity contribution in [1.82, 2.24) is 0 Å². The van der Waals surface area contributed by atoms with Crippen LogP contribution < -0.4 is 0 Å². The van der Waals surface area contributed by atoms with Gasteiger partial charge in [-0.2, -0.15) is 0 Å². The molecule has 1 radical (unpaired) electrons. The van der Waals surface area contributed by atoms with Crippen molar-refractivity contribution in [2.24, 2.45) is 0 Å². The Balaban J connectivity index is 2.57. The lowest BCUT2D eigenvalue weighted by Crippen LogP contribution is -1.81. The molecule has 2 rings (SSSR count). The number of benzene rings is 2. The third-order valence-corrected chi connectivity index (χ3v) is 2.23. The maximum atomic E-state index is 5.56. The third kappa shape index (κ3) is 1.60. The summed E-state index contributed by atoms with van der Waals surface area (Å²) < 4.78 is 0. The summed E-state index contributed by atoms with van der Waals surface area (Å²) in [6, 6.07) is 18.4. The molecule has 2 aromatic carbocycles. The maximum absolute atomic E-state index is 5.56. The van der Waals surface area contributed by atoms with Crippen LogP contribution in [-0.4, -0.2) is 0 Å². The van der Waals surface area contributed by atoms with E-state index in [1.54, 1.807) is 6.08 Å². The molecule has 0 unspecified atom stereocenters. The van der Waals surface area contributed by atoms with Crippen molar-refractivity contribution in [3.63, 3.8) is 0 Å². The predicted molar refractivity (Wildman–Crippen MR) is 60.6 cm³/mol. The van der Waals surface area contributed by atoms with Crippen molar-refractivity contribution < 1.29 is 0 Å². The minimum Gasteiger partial charge on any atom is -0.0622 e. The van der Waals surface area contributed by atoms with Crippen LogP contribution in [0.3, 0.4) is 0 Å². The predicted octanol–water partition coefficient (Wildman–Crippen LogP) is 3.80. The van der Waals surface area contributed by atoms with Gasteiger partial charge in [0.2, 0.25) is 0 Å². The molecule has 0 heteroatoms. The summed E-state index contributed by atoms with van der Waals surface area (Å²) in [4.78, 5) is 0. The largest absolute Gasteiger partial charge is 0.0622 e. The van der Waals surface area contributed by atoms with Gasteiger partial charge in [-0.15, -0.1) is 0 Å². The van der Waals surface area contributed by atoms with Crippen LogP contribution in [0.4, 0.5) is 0 Å². The normalized spacial score (nSPS) is 9.71. The molecule has 67 valence electrons. The molecule has 0 saturated heterocycles. The second kappa shape index (κ2) is 3.93. The average molecular weight is 179 g/mol. The molecule has 0 aliphatic heterocycles. The average Bonchev–Trinajstić information content (AvgIpc) is 2.30. The molecule has 0 atom stereocenters. The Labute approximate surface area is 84.5 Å².